The maximum absolute atomic E-state index is 11.7. The third kappa shape index (κ3) is 2.67. The lowest BCUT2D eigenvalue weighted by atomic mass is 9.99. The van der Waals surface area contributed by atoms with Crippen LogP contribution >= 0.6 is 0 Å². The van der Waals surface area contributed by atoms with Crippen molar-refractivity contribution in [3.63, 3.8) is 0 Å². The van der Waals surface area contributed by atoms with Gasteiger partial charge in [0.15, 0.2) is 5.58 Å². The molecule has 3 aromatic rings. The number of methoxy groups -OCH3 is 1. The maximum atomic E-state index is 11.7. The van der Waals surface area contributed by atoms with E-state index in [0.717, 1.165) is 0 Å². The van der Waals surface area contributed by atoms with Crippen LogP contribution < -0.4 is 20.3 Å². The summed E-state index contributed by atoms with van der Waals surface area (Å²) in [5.41, 5.74) is 8.00. The summed E-state index contributed by atoms with van der Waals surface area (Å²) >= 11 is 0. The van der Waals surface area contributed by atoms with Crippen molar-refractivity contribution < 1.29 is 23.9 Å². The average Bonchev–Trinajstić information content (AvgIpc) is 3.00. The van der Waals surface area contributed by atoms with Crippen LogP contribution in [0.5, 0.6) is 17.6 Å². The van der Waals surface area contributed by atoms with Gasteiger partial charge in [-0.1, -0.05) is 0 Å². The number of carbonyl (C=O) groups excluding carboxylic acids is 1. The summed E-state index contributed by atoms with van der Waals surface area (Å²) in [6.45, 7) is 0. The highest BCUT2D eigenvalue weighted by Crippen LogP contribution is 2.33. The van der Waals surface area contributed by atoms with Gasteiger partial charge in [-0.05, 0) is 42.3 Å². The molecule has 0 radical (unpaired) electrons. The van der Waals surface area contributed by atoms with Crippen molar-refractivity contribution in [3.8, 4) is 17.6 Å². The Balaban J connectivity index is 1.63. The number of fused-ring (bicyclic) bond motifs is 2. The molecule has 1 atom stereocenters. The Hall–Kier alpha value is -3.10. The summed E-state index contributed by atoms with van der Waals surface area (Å²) < 4.78 is 16.4. The van der Waals surface area contributed by atoms with E-state index in [0.29, 0.717) is 45.3 Å². The molecule has 2 aromatic carbocycles. The summed E-state index contributed by atoms with van der Waals surface area (Å²) in [6.07, 6.45) is 0.396. The zero-order valence-electron chi connectivity index (χ0n) is 13.3. The van der Waals surface area contributed by atoms with Gasteiger partial charge >= 0.3 is 6.08 Å². The average molecular weight is 341 g/mol. The summed E-state index contributed by atoms with van der Waals surface area (Å²) in [7, 11) is 1.58. The number of nitrogens with zero attached hydrogens (tertiary/aromatic N) is 2. The third-order valence-corrected chi connectivity index (χ3v) is 4.03. The van der Waals surface area contributed by atoms with E-state index in [4.69, 9.17) is 19.6 Å². The number of hydrogen-bond acceptors (Lipinski definition) is 7. The van der Waals surface area contributed by atoms with Crippen LogP contribution in [0.1, 0.15) is 5.56 Å². The highest BCUT2D eigenvalue weighted by Gasteiger charge is 2.30. The molecule has 1 unspecified atom stereocenters. The van der Waals surface area contributed by atoms with Gasteiger partial charge in [0.2, 0.25) is 0 Å². The number of nitrogens with two attached hydrogens (primary N) is 1. The number of aromatic nitrogens is 1. The van der Waals surface area contributed by atoms with Gasteiger partial charge in [0.25, 0.3) is 5.91 Å². The van der Waals surface area contributed by atoms with Crippen LogP contribution in [0.2, 0.25) is 0 Å². The highest BCUT2D eigenvalue weighted by molar-refractivity contribution is 5.98. The molecule has 25 heavy (non-hydrogen) atoms. The lowest BCUT2D eigenvalue weighted by molar-refractivity contribution is -0.125. The predicted molar refractivity (Wildman–Crippen MR) is 88.0 cm³/mol. The number of hydrogen-bond donors (Lipinski definition) is 2. The molecule has 2 heterocycles. The smallest absolute Gasteiger partial charge is 0.400 e. The van der Waals surface area contributed by atoms with Gasteiger partial charge in [0, 0.05) is 6.07 Å². The van der Waals surface area contributed by atoms with E-state index in [1.165, 1.54) is 0 Å². The fourth-order valence-electron chi connectivity index (χ4n) is 2.75. The molecule has 1 aliphatic heterocycles. The molecule has 0 saturated carbocycles. The first-order chi connectivity index (χ1) is 12.0. The first-order valence-corrected chi connectivity index (χ1v) is 7.59. The van der Waals surface area contributed by atoms with E-state index in [-0.39, 0.29) is 6.08 Å². The third-order valence-electron chi connectivity index (χ3n) is 4.03. The predicted octanol–water partition coefficient (Wildman–Crippen LogP) is 2.23. The largest absolute Gasteiger partial charge is 0.497 e. The molecule has 8 nitrogen and oxygen atoms in total. The van der Waals surface area contributed by atoms with E-state index in [1.807, 2.05) is 0 Å². The zero-order chi connectivity index (χ0) is 17.6. The number of amides is 1. The van der Waals surface area contributed by atoms with Crippen LogP contribution in [-0.4, -0.2) is 29.3 Å². The summed E-state index contributed by atoms with van der Waals surface area (Å²) in [4.78, 5) is 16.0. The van der Waals surface area contributed by atoms with Crippen molar-refractivity contribution in [1.82, 2.24) is 4.98 Å². The van der Waals surface area contributed by atoms with Crippen LogP contribution in [0.15, 0.2) is 40.8 Å². The molecule has 3 N–H and O–H groups in total. The van der Waals surface area contributed by atoms with Crippen LogP contribution in [0.3, 0.4) is 0 Å². The molecule has 1 amide bonds. The minimum absolute atomic E-state index is 0.0836. The Kier molecular flexibility index (Phi) is 3.56. The maximum Gasteiger partial charge on any atom is 0.400 e. The molecule has 1 aliphatic rings. The van der Waals surface area contributed by atoms with Gasteiger partial charge in [0.1, 0.15) is 17.0 Å². The Morgan fingerprint density at radius 2 is 2.08 bits per heavy atom. The van der Waals surface area contributed by atoms with Crippen LogP contribution in [-0.2, 0) is 11.2 Å². The van der Waals surface area contributed by atoms with Crippen molar-refractivity contribution in [2.24, 2.45) is 5.73 Å². The van der Waals surface area contributed by atoms with Crippen molar-refractivity contribution in [1.29, 1.82) is 0 Å². The fourth-order valence-corrected chi connectivity index (χ4v) is 2.75. The summed E-state index contributed by atoms with van der Waals surface area (Å²) in [5, 5.41) is 10.4. The SMILES string of the molecule is COc1ccc2oc(Oc3ccc4c(c3)CC(N)C(=O)N4O)nc2c1. The van der Waals surface area contributed by atoms with Gasteiger partial charge in [0.05, 0.1) is 18.8 Å². The normalized spacial score (nSPS) is 16.8. The number of benzene rings is 2. The molecule has 0 bridgehead atoms. The van der Waals surface area contributed by atoms with Gasteiger partial charge in [-0.25, -0.2) is 0 Å². The van der Waals surface area contributed by atoms with Gasteiger partial charge in [-0.3, -0.25) is 10.0 Å². The Morgan fingerprint density at radius 3 is 2.88 bits per heavy atom. The van der Waals surface area contributed by atoms with Gasteiger partial charge < -0.3 is 19.6 Å². The fraction of sp³-hybridized carbons (Fsp3) is 0.176. The highest BCUT2D eigenvalue weighted by atomic mass is 16.6. The number of ether oxygens (including phenoxy) is 2. The first-order valence-electron chi connectivity index (χ1n) is 7.59. The summed E-state index contributed by atoms with van der Waals surface area (Å²) in [6, 6.07) is 9.36. The van der Waals surface area contributed by atoms with Gasteiger partial charge in [-0.15, -0.1) is 0 Å². The standard InChI is InChI=1S/C17H15N3O5/c1-23-10-3-5-15-13(8-10)19-17(25-15)24-11-2-4-14-9(6-11)7-12(18)16(21)20(14)22/h2-6,8,12,22H,7,18H2,1H3. The molecule has 0 spiro atoms. The first kappa shape index (κ1) is 15.4. The molecule has 0 aliphatic carbocycles. The molecule has 8 heteroatoms. The zero-order valence-corrected chi connectivity index (χ0v) is 13.3. The molecule has 0 fully saturated rings. The molecule has 4 rings (SSSR count). The number of rotatable bonds is 3. The number of hydroxylamine groups is 1. The van der Waals surface area contributed by atoms with Crippen molar-refractivity contribution in [2.45, 2.75) is 12.5 Å². The Labute approximate surface area is 142 Å². The van der Waals surface area contributed by atoms with Crippen molar-refractivity contribution >= 4 is 22.7 Å². The van der Waals surface area contributed by atoms with E-state index >= 15 is 0 Å². The van der Waals surface area contributed by atoms with Gasteiger partial charge in [-0.2, -0.15) is 10.0 Å². The molecule has 0 saturated heterocycles. The van der Waals surface area contributed by atoms with Crippen molar-refractivity contribution in [3.05, 3.63) is 42.0 Å². The van der Waals surface area contributed by atoms with E-state index in [9.17, 15) is 10.0 Å². The lowest BCUT2D eigenvalue weighted by Gasteiger charge is -2.27. The molecular formula is C17H15N3O5. The Morgan fingerprint density at radius 1 is 1.28 bits per heavy atom. The second kappa shape index (κ2) is 5.76. The molecule has 1 aromatic heterocycles. The van der Waals surface area contributed by atoms with Crippen LogP contribution in [0.25, 0.3) is 11.1 Å². The van der Waals surface area contributed by atoms with E-state index in [2.05, 4.69) is 4.98 Å². The second-order valence-electron chi connectivity index (χ2n) is 5.67. The summed E-state index contributed by atoms with van der Waals surface area (Å²) in [5.74, 6) is 0.601. The number of carbonyl (C=O) groups is 1. The minimum Gasteiger partial charge on any atom is -0.497 e. The number of oxazole rings is 1. The monoisotopic (exact) mass is 341 g/mol. The molecule has 128 valence electrons. The van der Waals surface area contributed by atoms with Crippen LogP contribution in [0, 0.1) is 0 Å². The second-order valence-corrected chi connectivity index (χ2v) is 5.67. The van der Waals surface area contributed by atoms with Crippen molar-refractivity contribution in [2.75, 3.05) is 12.2 Å². The lowest BCUT2D eigenvalue weighted by Crippen LogP contribution is -2.47. The van der Waals surface area contributed by atoms with Crippen LogP contribution in [0.4, 0.5) is 5.69 Å². The topological polar surface area (TPSA) is 111 Å². The molecular weight excluding hydrogens is 326 g/mol. The number of anilines is 1. The van der Waals surface area contributed by atoms with E-state index < -0.39 is 11.9 Å². The van der Waals surface area contributed by atoms with E-state index in [1.54, 1.807) is 43.5 Å². The quantitative estimate of drug-likeness (QED) is 0.703. The Bertz CT molecular complexity index is 968. The minimum atomic E-state index is -0.787.